The van der Waals surface area contributed by atoms with Gasteiger partial charge in [0.25, 0.3) is 5.91 Å². The molecular weight excluding hydrogens is 372 g/mol. The van der Waals surface area contributed by atoms with E-state index in [9.17, 15) is 14.4 Å². The summed E-state index contributed by atoms with van der Waals surface area (Å²) in [6, 6.07) is 7.51. The van der Waals surface area contributed by atoms with Gasteiger partial charge >= 0.3 is 12.1 Å². The molecule has 1 aromatic rings. The molecule has 3 atom stereocenters. The lowest BCUT2D eigenvalue weighted by Crippen LogP contribution is -2.61. The van der Waals surface area contributed by atoms with Crippen LogP contribution in [0, 0.1) is 11.3 Å². The molecule has 1 fully saturated rings. The number of nitrogens with zero attached hydrogens (tertiary/aromatic N) is 2. The first-order chi connectivity index (χ1) is 13.5. The number of amides is 2. The fraction of sp³-hybridized carbons (Fsp3) is 0.591. The highest BCUT2D eigenvalue weighted by Gasteiger charge is 2.64. The van der Waals surface area contributed by atoms with Crippen molar-refractivity contribution < 1.29 is 23.9 Å². The number of anilines is 1. The third-order valence-corrected chi connectivity index (χ3v) is 5.76. The van der Waals surface area contributed by atoms with Gasteiger partial charge in [-0.3, -0.25) is 14.5 Å². The van der Waals surface area contributed by atoms with Gasteiger partial charge in [0, 0.05) is 25.2 Å². The molecule has 0 bridgehead atoms. The van der Waals surface area contributed by atoms with E-state index in [2.05, 4.69) is 0 Å². The fourth-order valence-electron chi connectivity index (χ4n) is 4.40. The lowest BCUT2D eigenvalue weighted by molar-refractivity contribution is -0.148. The van der Waals surface area contributed by atoms with Crippen LogP contribution in [0.5, 0.6) is 0 Å². The van der Waals surface area contributed by atoms with E-state index in [0.717, 1.165) is 11.3 Å². The summed E-state index contributed by atoms with van der Waals surface area (Å²) < 4.78 is 10.8. The zero-order valence-electron chi connectivity index (χ0n) is 18.0. The van der Waals surface area contributed by atoms with Crippen molar-refractivity contribution in [3.05, 3.63) is 29.8 Å². The van der Waals surface area contributed by atoms with Gasteiger partial charge in [0.05, 0.1) is 19.1 Å². The Labute approximate surface area is 171 Å². The highest BCUT2D eigenvalue weighted by Crippen LogP contribution is 2.53. The summed E-state index contributed by atoms with van der Waals surface area (Å²) in [5.74, 6) is -1.77. The van der Waals surface area contributed by atoms with E-state index in [1.165, 1.54) is 4.90 Å². The van der Waals surface area contributed by atoms with Crippen molar-refractivity contribution in [1.82, 2.24) is 4.90 Å². The zero-order valence-corrected chi connectivity index (χ0v) is 18.0. The van der Waals surface area contributed by atoms with Crippen LogP contribution in [0.2, 0.25) is 0 Å². The molecule has 0 spiro atoms. The number of esters is 1. The van der Waals surface area contributed by atoms with Crippen LogP contribution in [-0.2, 0) is 19.1 Å². The molecule has 2 aliphatic heterocycles. The number of benzene rings is 1. The molecule has 2 amide bonds. The highest BCUT2D eigenvalue weighted by atomic mass is 16.6. The minimum atomic E-state index is -1.23. The Morgan fingerprint density at radius 1 is 1.21 bits per heavy atom. The molecular formula is C22H30N2O5. The molecule has 0 aromatic heterocycles. The third-order valence-electron chi connectivity index (χ3n) is 5.76. The average Bonchev–Trinajstić information content (AvgIpc) is 2.98. The van der Waals surface area contributed by atoms with E-state index in [4.69, 9.17) is 9.47 Å². The van der Waals surface area contributed by atoms with Gasteiger partial charge in [-0.15, -0.1) is 0 Å². The second-order valence-corrected chi connectivity index (χ2v) is 9.13. The lowest BCUT2D eigenvalue weighted by atomic mass is 9.72. The molecule has 3 rings (SSSR count). The number of carbonyl (C=O) groups is 3. The molecule has 1 aromatic carbocycles. The summed E-state index contributed by atoms with van der Waals surface area (Å²) in [5.41, 5.74) is 0.173. The topological polar surface area (TPSA) is 76.1 Å². The number of hydrogen-bond donors (Lipinski definition) is 0. The Kier molecular flexibility index (Phi) is 5.36. The molecule has 0 N–H and O–H groups in total. The maximum atomic E-state index is 13.5. The van der Waals surface area contributed by atoms with Crippen molar-refractivity contribution in [3.8, 4) is 0 Å². The maximum Gasteiger partial charge on any atom is 0.410 e. The average molecular weight is 402 g/mol. The van der Waals surface area contributed by atoms with Gasteiger partial charge in [0.1, 0.15) is 5.54 Å². The Hall–Kier alpha value is -2.57. The first-order valence-electron chi connectivity index (χ1n) is 10.0. The standard InChI is InChI=1S/C22H30N2O5/c1-7-28-18(25)15-12-24(20(27)29-13-21(2,3)4)22(5)17(15)14-10-8-9-11-16(14)23(6)19(22)26/h8-11,15,17H,7,12-13H2,1-6H3/t15-,17+,22-/m0/s1. The van der Waals surface area contributed by atoms with E-state index < -0.39 is 29.4 Å². The second-order valence-electron chi connectivity index (χ2n) is 9.13. The van der Waals surface area contributed by atoms with Gasteiger partial charge < -0.3 is 14.4 Å². The van der Waals surface area contributed by atoms with Crippen molar-refractivity contribution in [2.24, 2.45) is 11.3 Å². The smallest absolute Gasteiger partial charge is 0.410 e. The molecule has 1 saturated heterocycles. The van der Waals surface area contributed by atoms with Crippen molar-refractivity contribution in [3.63, 3.8) is 0 Å². The summed E-state index contributed by atoms with van der Waals surface area (Å²) in [5, 5.41) is 0. The Morgan fingerprint density at radius 2 is 1.86 bits per heavy atom. The van der Waals surface area contributed by atoms with Gasteiger partial charge in [0.2, 0.25) is 0 Å². The molecule has 158 valence electrons. The van der Waals surface area contributed by atoms with Crippen LogP contribution >= 0.6 is 0 Å². The second kappa shape index (κ2) is 7.35. The number of rotatable bonds is 3. The Morgan fingerprint density at radius 3 is 2.48 bits per heavy atom. The van der Waals surface area contributed by atoms with E-state index in [-0.39, 0.29) is 31.1 Å². The minimum Gasteiger partial charge on any atom is -0.466 e. The fourth-order valence-corrected chi connectivity index (χ4v) is 4.40. The van der Waals surface area contributed by atoms with E-state index in [0.29, 0.717) is 0 Å². The summed E-state index contributed by atoms with van der Waals surface area (Å²) in [4.78, 5) is 42.3. The number of hydrogen-bond acceptors (Lipinski definition) is 5. The van der Waals surface area contributed by atoms with Crippen LogP contribution in [0.1, 0.15) is 46.1 Å². The van der Waals surface area contributed by atoms with Gasteiger partial charge in [-0.2, -0.15) is 0 Å². The minimum absolute atomic E-state index is 0.0802. The lowest BCUT2D eigenvalue weighted by Gasteiger charge is -2.45. The van der Waals surface area contributed by atoms with Crippen LogP contribution < -0.4 is 4.90 Å². The third kappa shape index (κ3) is 3.47. The molecule has 7 heteroatoms. The summed E-state index contributed by atoms with van der Waals surface area (Å²) >= 11 is 0. The zero-order chi connectivity index (χ0) is 21.6. The van der Waals surface area contributed by atoms with Crippen molar-refractivity contribution in [2.45, 2.75) is 46.1 Å². The van der Waals surface area contributed by atoms with Gasteiger partial charge in [0.15, 0.2) is 0 Å². The number of fused-ring (bicyclic) bond motifs is 3. The van der Waals surface area contributed by atoms with Crippen LogP contribution in [0.3, 0.4) is 0 Å². The van der Waals surface area contributed by atoms with Gasteiger partial charge in [-0.05, 0) is 30.9 Å². The van der Waals surface area contributed by atoms with Crippen molar-refractivity contribution >= 4 is 23.7 Å². The molecule has 29 heavy (non-hydrogen) atoms. The van der Waals surface area contributed by atoms with E-state index in [1.54, 1.807) is 25.8 Å². The van der Waals surface area contributed by atoms with Gasteiger partial charge in [-0.25, -0.2) is 4.79 Å². The van der Waals surface area contributed by atoms with E-state index in [1.807, 2.05) is 45.0 Å². The summed E-state index contributed by atoms with van der Waals surface area (Å²) in [7, 11) is 1.69. The number of likely N-dealkylation sites (tertiary alicyclic amines) is 1. The van der Waals surface area contributed by atoms with Crippen molar-refractivity contribution in [2.75, 3.05) is 31.7 Å². The first kappa shape index (κ1) is 21.1. The maximum absolute atomic E-state index is 13.5. The number of ether oxygens (including phenoxy) is 2. The molecule has 0 unspecified atom stereocenters. The monoisotopic (exact) mass is 402 g/mol. The van der Waals surface area contributed by atoms with Crippen LogP contribution in [-0.4, -0.2) is 55.2 Å². The Bertz CT molecular complexity index is 831. The molecule has 2 heterocycles. The normalized spacial score (nSPS) is 26.1. The predicted molar refractivity (Wildman–Crippen MR) is 109 cm³/mol. The largest absolute Gasteiger partial charge is 0.466 e. The van der Waals surface area contributed by atoms with Crippen molar-refractivity contribution in [1.29, 1.82) is 0 Å². The summed E-state index contributed by atoms with van der Waals surface area (Å²) in [6.45, 7) is 9.90. The number of para-hydroxylation sites is 1. The quantitative estimate of drug-likeness (QED) is 0.726. The molecule has 0 aliphatic carbocycles. The van der Waals surface area contributed by atoms with Crippen LogP contribution in [0.4, 0.5) is 10.5 Å². The summed E-state index contributed by atoms with van der Waals surface area (Å²) in [6.07, 6.45) is -0.583. The van der Waals surface area contributed by atoms with E-state index >= 15 is 0 Å². The first-order valence-corrected chi connectivity index (χ1v) is 10.0. The van der Waals surface area contributed by atoms with Crippen LogP contribution in [0.15, 0.2) is 24.3 Å². The molecule has 0 radical (unpaired) electrons. The molecule has 7 nitrogen and oxygen atoms in total. The van der Waals surface area contributed by atoms with Crippen LogP contribution in [0.25, 0.3) is 0 Å². The highest BCUT2D eigenvalue weighted by molar-refractivity contribution is 6.06. The Balaban J connectivity index is 2.07. The van der Waals surface area contributed by atoms with Gasteiger partial charge in [-0.1, -0.05) is 39.0 Å². The molecule has 2 aliphatic rings. The SMILES string of the molecule is CCOC(=O)[C@H]1CN(C(=O)OCC(C)(C)C)[C@]2(C)C(=O)N(C)c3ccccc3[C@H]12. The molecule has 0 saturated carbocycles. The number of carbonyl (C=O) groups excluding carboxylic acids is 3. The number of likely N-dealkylation sites (N-methyl/N-ethyl adjacent to an activating group) is 1. The predicted octanol–water partition coefficient (Wildman–Crippen LogP) is 3.18.